The molecule has 198 valence electrons. The lowest BCUT2D eigenvalue weighted by atomic mass is 9.68. The fraction of sp³-hybridized carbons (Fsp3) is 0.759. The van der Waals surface area contributed by atoms with Gasteiger partial charge in [0, 0.05) is 38.4 Å². The number of halogens is 1. The van der Waals surface area contributed by atoms with Crippen molar-refractivity contribution in [2.45, 2.75) is 78.2 Å². The van der Waals surface area contributed by atoms with Crippen molar-refractivity contribution in [3.05, 3.63) is 29.3 Å². The Morgan fingerprint density at radius 3 is 2.37 bits per heavy atom. The molecule has 1 aliphatic carbocycles. The summed E-state index contributed by atoms with van der Waals surface area (Å²) in [5, 5.41) is 0. The second kappa shape index (κ2) is 12.8. The van der Waals surface area contributed by atoms with Gasteiger partial charge in [0.2, 0.25) is 6.41 Å². The Morgan fingerprint density at radius 2 is 1.74 bits per heavy atom. The highest BCUT2D eigenvalue weighted by Gasteiger charge is 2.32. The molecule has 0 spiro atoms. The quantitative estimate of drug-likeness (QED) is 0.433. The predicted octanol–water partition coefficient (Wildman–Crippen LogP) is 5.88. The maximum Gasteiger partial charge on any atom is 0.209 e. The predicted molar refractivity (Wildman–Crippen MR) is 148 cm³/mol. The summed E-state index contributed by atoms with van der Waals surface area (Å²) in [6.07, 6.45) is 8.77. The summed E-state index contributed by atoms with van der Waals surface area (Å²) in [6.45, 7) is 17.2. The molecule has 1 aromatic rings. The van der Waals surface area contributed by atoms with E-state index in [1.54, 1.807) is 5.56 Å². The Hall–Kier alpha value is -1.30. The first kappa shape index (κ1) is 28.3. The summed E-state index contributed by atoms with van der Waals surface area (Å²) in [6, 6.07) is 7.09. The lowest BCUT2D eigenvalue weighted by Crippen LogP contribution is -2.47. The lowest BCUT2D eigenvalue weighted by molar-refractivity contribution is -0.125. The molecular weight excluding hydrogens is 458 g/mol. The second-order valence-electron chi connectivity index (χ2n) is 11.9. The van der Waals surface area contributed by atoms with Crippen LogP contribution in [0.5, 0.6) is 0 Å². The van der Waals surface area contributed by atoms with Crippen molar-refractivity contribution in [1.29, 1.82) is 0 Å². The molecule has 2 saturated heterocycles. The van der Waals surface area contributed by atoms with Crippen molar-refractivity contribution in [1.82, 2.24) is 9.80 Å². The van der Waals surface area contributed by atoms with Gasteiger partial charge >= 0.3 is 0 Å². The number of carbonyl (C=O) groups excluding carboxylic acids is 1. The Morgan fingerprint density at radius 1 is 1.03 bits per heavy atom. The highest BCUT2D eigenvalue weighted by atomic mass is 35.5. The van der Waals surface area contributed by atoms with Crippen molar-refractivity contribution in [3.63, 3.8) is 0 Å². The number of benzene rings is 1. The largest absolute Gasteiger partial charge is 0.370 e. The molecule has 0 radical (unpaired) electrons. The lowest BCUT2D eigenvalue weighted by Gasteiger charge is -2.41. The first-order valence-corrected chi connectivity index (χ1v) is 13.8. The average Bonchev–Trinajstić information content (AvgIpc) is 2.87. The van der Waals surface area contributed by atoms with Gasteiger partial charge in [-0.25, -0.2) is 0 Å². The fourth-order valence-corrected chi connectivity index (χ4v) is 6.21. The highest BCUT2D eigenvalue weighted by Crippen LogP contribution is 2.45. The van der Waals surface area contributed by atoms with E-state index >= 15 is 0 Å². The zero-order valence-electron chi connectivity index (χ0n) is 22.5. The molecule has 35 heavy (non-hydrogen) atoms. The molecule has 3 aliphatic rings. The maximum absolute atomic E-state index is 11.4. The third kappa shape index (κ3) is 7.14. The van der Waals surface area contributed by atoms with Crippen LogP contribution in [-0.2, 0) is 9.53 Å². The van der Waals surface area contributed by atoms with Crippen molar-refractivity contribution in [2.75, 3.05) is 57.3 Å². The Bertz CT molecular complexity index is 796. The van der Waals surface area contributed by atoms with Gasteiger partial charge in [0.05, 0.1) is 13.2 Å². The molecule has 6 heteroatoms. The van der Waals surface area contributed by atoms with E-state index in [1.165, 1.54) is 56.3 Å². The third-order valence-electron chi connectivity index (χ3n) is 8.61. The minimum Gasteiger partial charge on any atom is -0.370 e. The normalized spacial score (nSPS) is 26.3. The van der Waals surface area contributed by atoms with E-state index in [4.69, 9.17) is 4.74 Å². The Labute approximate surface area is 220 Å². The van der Waals surface area contributed by atoms with Crippen LogP contribution in [0.1, 0.15) is 89.4 Å². The molecule has 1 amide bonds. The number of hydrogen-bond acceptors (Lipinski definition) is 4. The number of piperazine rings is 1. The van der Waals surface area contributed by atoms with Crippen LogP contribution in [0, 0.1) is 11.3 Å². The standard InChI is InChI=1S/C29H47N3O2.ClH/c1-5-6-13-30-14-16-32(17-15-30)27-20-24(28-21-31(22-33)18-19-34-28)9-12-26(27)23-7-10-25(11-8-23)29(2,3)4;/h9,12,20,22-23,25,28H,5-8,10-11,13-19,21H2,1-4H3;1H. The number of amides is 1. The van der Waals surface area contributed by atoms with E-state index in [0.29, 0.717) is 31.0 Å². The topological polar surface area (TPSA) is 36.0 Å². The summed E-state index contributed by atoms with van der Waals surface area (Å²) in [7, 11) is 0. The zero-order valence-corrected chi connectivity index (χ0v) is 23.3. The van der Waals surface area contributed by atoms with Gasteiger partial charge in [-0.3, -0.25) is 9.69 Å². The smallest absolute Gasteiger partial charge is 0.209 e. The van der Waals surface area contributed by atoms with Gasteiger partial charge in [-0.05, 0) is 73.1 Å². The molecule has 2 aliphatic heterocycles. The summed E-state index contributed by atoms with van der Waals surface area (Å²) in [5.41, 5.74) is 4.61. The number of hydrogen-bond donors (Lipinski definition) is 0. The monoisotopic (exact) mass is 505 g/mol. The van der Waals surface area contributed by atoms with Crippen LogP contribution in [0.15, 0.2) is 18.2 Å². The summed E-state index contributed by atoms with van der Waals surface area (Å²) in [4.78, 5) is 18.5. The molecule has 5 nitrogen and oxygen atoms in total. The van der Waals surface area contributed by atoms with Gasteiger partial charge in [0.15, 0.2) is 0 Å². The van der Waals surface area contributed by atoms with Gasteiger partial charge in [-0.2, -0.15) is 0 Å². The second-order valence-corrected chi connectivity index (χ2v) is 11.9. The molecule has 1 unspecified atom stereocenters. The number of anilines is 1. The minimum absolute atomic E-state index is 0. The molecule has 1 atom stereocenters. The maximum atomic E-state index is 11.4. The van der Waals surface area contributed by atoms with Crippen LogP contribution >= 0.6 is 12.4 Å². The first-order chi connectivity index (χ1) is 16.4. The molecule has 1 saturated carbocycles. The highest BCUT2D eigenvalue weighted by molar-refractivity contribution is 5.85. The summed E-state index contributed by atoms with van der Waals surface area (Å²) < 4.78 is 6.11. The fourth-order valence-electron chi connectivity index (χ4n) is 6.21. The van der Waals surface area contributed by atoms with Gasteiger partial charge < -0.3 is 14.5 Å². The molecule has 1 aromatic carbocycles. The number of nitrogens with zero attached hydrogens (tertiary/aromatic N) is 3. The van der Waals surface area contributed by atoms with Crippen molar-refractivity contribution < 1.29 is 9.53 Å². The molecule has 2 heterocycles. The van der Waals surface area contributed by atoms with Gasteiger partial charge in [-0.1, -0.05) is 46.2 Å². The number of rotatable bonds is 7. The van der Waals surface area contributed by atoms with Crippen LogP contribution in [-0.4, -0.2) is 68.6 Å². The van der Waals surface area contributed by atoms with E-state index in [2.05, 4.69) is 55.7 Å². The van der Waals surface area contributed by atoms with E-state index in [0.717, 1.165) is 38.5 Å². The first-order valence-electron chi connectivity index (χ1n) is 13.8. The average molecular weight is 506 g/mol. The van der Waals surface area contributed by atoms with Crippen LogP contribution in [0.4, 0.5) is 5.69 Å². The molecular formula is C29H48ClN3O2. The van der Waals surface area contributed by atoms with Crippen LogP contribution in [0.2, 0.25) is 0 Å². The van der Waals surface area contributed by atoms with Crippen LogP contribution in [0.3, 0.4) is 0 Å². The van der Waals surface area contributed by atoms with Crippen molar-refractivity contribution in [2.24, 2.45) is 11.3 Å². The minimum atomic E-state index is -0.0192. The molecule has 4 rings (SSSR count). The SMILES string of the molecule is CCCCN1CCN(c2cc(C3CN(C=O)CCO3)ccc2C2CCC(C(C)(C)C)CC2)CC1.Cl. The number of carbonyl (C=O) groups is 1. The number of morpholine rings is 1. The molecule has 0 bridgehead atoms. The summed E-state index contributed by atoms with van der Waals surface area (Å²) >= 11 is 0. The van der Waals surface area contributed by atoms with E-state index in [-0.39, 0.29) is 18.5 Å². The third-order valence-corrected chi connectivity index (χ3v) is 8.61. The van der Waals surface area contributed by atoms with Gasteiger partial charge in [0.25, 0.3) is 0 Å². The number of ether oxygens (including phenoxy) is 1. The van der Waals surface area contributed by atoms with E-state index < -0.39 is 0 Å². The molecule has 0 aromatic heterocycles. The summed E-state index contributed by atoms with van der Waals surface area (Å²) in [5.74, 6) is 1.48. The zero-order chi connectivity index (χ0) is 24.1. The van der Waals surface area contributed by atoms with Crippen LogP contribution in [0.25, 0.3) is 0 Å². The Kier molecular flexibility index (Phi) is 10.3. The molecule has 0 N–H and O–H groups in total. The van der Waals surface area contributed by atoms with Gasteiger partial charge in [-0.15, -0.1) is 12.4 Å². The molecule has 3 fully saturated rings. The van der Waals surface area contributed by atoms with E-state index in [1.807, 2.05) is 4.90 Å². The van der Waals surface area contributed by atoms with E-state index in [9.17, 15) is 4.79 Å². The van der Waals surface area contributed by atoms with Gasteiger partial charge in [0.1, 0.15) is 6.10 Å². The van der Waals surface area contributed by atoms with Crippen LogP contribution < -0.4 is 4.90 Å². The van der Waals surface area contributed by atoms with Crippen molar-refractivity contribution in [3.8, 4) is 0 Å². The Balaban J connectivity index is 0.00000342. The number of unbranched alkanes of at least 4 members (excludes halogenated alkanes) is 1. The van der Waals surface area contributed by atoms with Crippen molar-refractivity contribution >= 4 is 24.5 Å².